The van der Waals surface area contributed by atoms with Gasteiger partial charge in [-0.05, 0) is 36.4 Å². The van der Waals surface area contributed by atoms with Crippen LogP contribution in [-0.2, 0) is 6.42 Å². The molecule has 2 atom stereocenters. The first-order valence-corrected chi connectivity index (χ1v) is 7.21. The van der Waals surface area contributed by atoms with Gasteiger partial charge in [0.25, 0.3) is 0 Å². The van der Waals surface area contributed by atoms with Gasteiger partial charge < -0.3 is 5.73 Å². The number of fused-ring (bicyclic) bond motifs is 1. The maximum Gasteiger partial charge on any atom is 0.0455 e. The highest BCUT2D eigenvalue weighted by molar-refractivity contribution is 5.33. The second-order valence-corrected chi connectivity index (χ2v) is 5.81. The van der Waals surface area contributed by atoms with Crippen LogP contribution in [0, 0.1) is 5.92 Å². The molecule has 0 heterocycles. The maximum atomic E-state index is 6.50. The van der Waals surface area contributed by atoms with Gasteiger partial charge in [-0.15, -0.1) is 0 Å². The van der Waals surface area contributed by atoms with Crippen molar-refractivity contribution in [3.05, 3.63) is 35.4 Å². The number of nitrogens with zero attached hydrogens (tertiary/aromatic N) is 1. The Bertz CT molecular complexity index is 386. The summed E-state index contributed by atoms with van der Waals surface area (Å²) in [5.41, 5.74) is 9.30. The van der Waals surface area contributed by atoms with E-state index in [9.17, 15) is 0 Å². The molecule has 0 aliphatic heterocycles. The number of benzene rings is 1. The molecule has 0 aromatic heterocycles. The van der Waals surface area contributed by atoms with E-state index in [0.717, 1.165) is 13.1 Å². The Labute approximate surface area is 111 Å². The number of hydrogen-bond acceptors (Lipinski definition) is 2. The SMILES string of the molecule is CCN(CC(C)C)C1CCc2ccccc2C1N. The van der Waals surface area contributed by atoms with Crippen LogP contribution in [0.5, 0.6) is 0 Å². The number of likely N-dealkylation sites (N-methyl/N-ethyl adjacent to an activating group) is 1. The van der Waals surface area contributed by atoms with Gasteiger partial charge in [-0.1, -0.05) is 45.0 Å². The third-order valence-electron chi connectivity index (χ3n) is 4.01. The number of nitrogens with two attached hydrogens (primary N) is 1. The molecular formula is C16H26N2. The monoisotopic (exact) mass is 246 g/mol. The van der Waals surface area contributed by atoms with Crippen LogP contribution >= 0.6 is 0 Å². The Hall–Kier alpha value is -0.860. The molecule has 1 aromatic rings. The van der Waals surface area contributed by atoms with E-state index in [1.165, 1.54) is 24.0 Å². The molecule has 0 fully saturated rings. The highest BCUT2D eigenvalue weighted by Crippen LogP contribution is 2.31. The van der Waals surface area contributed by atoms with E-state index < -0.39 is 0 Å². The minimum atomic E-state index is 0.175. The van der Waals surface area contributed by atoms with Crippen LogP contribution in [0.25, 0.3) is 0 Å². The van der Waals surface area contributed by atoms with Gasteiger partial charge in [-0.3, -0.25) is 4.90 Å². The van der Waals surface area contributed by atoms with Crippen molar-refractivity contribution in [2.75, 3.05) is 13.1 Å². The smallest absolute Gasteiger partial charge is 0.0455 e. The molecule has 1 aliphatic rings. The first-order chi connectivity index (χ1) is 8.63. The fourth-order valence-corrected chi connectivity index (χ4v) is 3.15. The van der Waals surface area contributed by atoms with Crippen LogP contribution < -0.4 is 5.73 Å². The van der Waals surface area contributed by atoms with Gasteiger partial charge >= 0.3 is 0 Å². The third-order valence-corrected chi connectivity index (χ3v) is 4.01. The minimum Gasteiger partial charge on any atom is -0.323 e. The van der Waals surface area contributed by atoms with E-state index in [-0.39, 0.29) is 6.04 Å². The highest BCUT2D eigenvalue weighted by Gasteiger charge is 2.30. The Kier molecular flexibility index (Phi) is 4.41. The highest BCUT2D eigenvalue weighted by atomic mass is 15.2. The van der Waals surface area contributed by atoms with Crippen molar-refractivity contribution >= 4 is 0 Å². The summed E-state index contributed by atoms with van der Waals surface area (Å²) in [6, 6.07) is 9.35. The average Bonchev–Trinajstić information content (AvgIpc) is 2.37. The molecule has 2 unspecified atom stereocenters. The Morgan fingerprint density at radius 2 is 2.06 bits per heavy atom. The summed E-state index contributed by atoms with van der Waals surface area (Å²) in [6.45, 7) is 9.06. The zero-order chi connectivity index (χ0) is 13.1. The van der Waals surface area contributed by atoms with E-state index in [0.29, 0.717) is 12.0 Å². The van der Waals surface area contributed by atoms with Crippen molar-refractivity contribution in [3.63, 3.8) is 0 Å². The largest absolute Gasteiger partial charge is 0.323 e. The first kappa shape index (κ1) is 13.6. The molecule has 1 aromatic carbocycles. The third kappa shape index (κ3) is 2.76. The molecule has 2 N–H and O–H groups in total. The van der Waals surface area contributed by atoms with Gasteiger partial charge in [0, 0.05) is 18.6 Å². The molecule has 0 amide bonds. The van der Waals surface area contributed by atoms with E-state index in [2.05, 4.69) is 49.9 Å². The van der Waals surface area contributed by atoms with Crippen molar-refractivity contribution in [3.8, 4) is 0 Å². The fraction of sp³-hybridized carbons (Fsp3) is 0.625. The van der Waals surface area contributed by atoms with Crippen LogP contribution in [0.3, 0.4) is 0 Å². The standard InChI is InChI=1S/C16H26N2/c1-4-18(11-12(2)3)15-10-9-13-7-5-6-8-14(13)16(15)17/h5-8,12,15-16H,4,9-11,17H2,1-3H3. The van der Waals surface area contributed by atoms with Crippen molar-refractivity contribution < 1.29 is 0 Å². The predicted molar refractivity (Wildman–Crippen MR) is 77.6 cm³/mol. The summed E-state index contributed by atoms with van der Waals surface area (Å²) >= 11 is 0. The summed E-state index contributed by atoms with van der Waals surface area (Å²) in [7, 11) is 0. The van der Waals surface area contributed by atoms with Crippen molar-refractivity contribution in [1.29, 1.82) is 0 Å². The lowest BCUT2D eigenvalue weighted by Crippen LogP contribution is -2.46. The second kappa shape index (κ2) is 5.85. The van der Waals surface area contributed by atoms with Gasteiger partial charge in [-0.25, -0.2) is 0 Å². The summed E-state index contributed by atoms with van der Waals surface area (Å²) in [5, 5.41) is 0. The molecular weight excluding hydrogens is 220 g/mol. The summed E-state index contributed by atoms with van der Waals surface area (Å²) < 4.78 is 0. The molecule has 100 valence electrons. The Morgan fingerprint density at radius 3 is 2.72 bits per heavy atom. The number of aryl methyl sites for hydroxylation is 1. The molecule has 2 rings (SSSR count). The zero-order valence-corrected chi connectivity index (χ0v) is 11.9. The van der Waals surface area contributed by atoms with E-state index in [1.54, 1.807) is 0 Å². The first-order valence-electron chi connectivity index (χ1n) is 7.21. The molecule has 18 heavy (non-hydrogen) atoms. The number of rotatable bonds is 4. The Balaban J connectivity index is 2.17. The quantitative estimate of drug-likeness (QED) is 0.885. The van der Waals surface area contributed by atoms with Crippen LogP contribution in [0.15, 0.2) is 24.3 Å². The van der Waals surface area contributed by atoms with Crippen molar-refractivity contribution in [1.82, 2.24) is 4.90 Å². The predicted octanol–water partition coefficient (Wildman–Crippen LogP) is 2.98. The average molecular weight is 246 g/mol. The van der Waals surface area contributed by atoms with E-state index >= 15 is 0 Å². The van der Waals surface area contributed by atoms with Gasteiger partial charge in [-0.2, -0.15) is 0 Å². The lowest BCUT2D eigenvalue weighted by atomic mass is 9.83. The summed E-state index contributed by atoms with van der Waals surface area (Å²) in [4.78, 5) is 2.56. The molecule has 0 saturated carbocycles. The van der Waals surface area contributed by atoms with Crippen LogP contribution in [0.1, 0.15) is 44.4 Å². The van der Waals surface area contributed by atoms with E-state index in [4.69, 9.17) is 5.73 Å². The summed E-state index contributed by atoms with van der Waals surface area (Å²) in [5.74, 6) is 0.703. The molecule has 1 aliphatic carbocycles. The fourth-order valence-electron chi connectivity index (χ4n) is 3.15. The van der Waals surface area contributed by atoms with Crippen molar-refractivity contribution in [2.24, 2.45) is 11.7 Å². The molecule has 2 nitrogen and oxygen atoms in total. The summed E-state index contributed by atoms with van der Waals surface area (Å²) in [6.07, 6.45) is 2.36. The second-order valence-electron chi connectivity index (χ2n) is 5.81. The van der Waals surface area contributed by atoms with Gasteiger partial charge in [0.05, 0.1) is 0 Å². The zero-order valence-electron chi connectivity index (χ0n) is 11.9. The normalized spacial score (nSPS) is 23.4. The minimum absolute atomic E-state index is 0.175. The Morgan fingerprint density at radius 1 is 1.33 bits per heavy atom. The van der Waals surface area contributed by atoms with Gasteiger partial charge in [0.15, 0.2) is 0 Å². The molecule has 0 bridgehead atoms. The topological polar surface area (TPSA) is 29.3 Å². The van der Waals surface area contributed by atoms with Crippen molar-refractivity contribution in [2.45, 2.75) is 45.7 Å². The lowest BCUT2D eigenvalue weighted by Gasteiger charge is -2.39. The molecule has 0 saturated heterocycles. The molecule has 2 heteroatoms. The van der Waals surface area contributed by atoms with E-state index in [1.807, 2.05) is 0 Å². The maximum absolute atomic E-state index is 6.50. The number of hydrogen-bond donors (Lipinski definition) is 1. The van der Waals surface area contributed by atoms with Crippen LogP contribution in [-0.4, -0.2) is 24.0 Å². The van der Waals surface area contributed by atoms with Crippen LogP contribution in [0.2, 0.25) is 0 Å². The molecule has 0 spiro atoms. The van der Waals surface area contributed by atoms with Crippen LogP contribution in [0.4, 0.5) is 0 Å². The lowest BCUT2D eigenvalue weighted by molar-refractivity contribution is 0.146. The van der Waals surface area contributed by atoms with Gasteiger partial charge in [0.1, 0.15) is 0 Å². The molecule has 0 radical (unpaired) electrons. The van der Waals surface area contributed by atoms with Gasteiger partial charge in [0.2, 0.25) is 0 Å².